The average Bonchev–Trinajstić information content (AvgIpc) is 3.08. The zero-order chi connectivity index (χ0) is 15.0. The summed E-state index contributed by atoms with van der Waals surface area (Å²) in [6.07, 6.45) is 4.40. The highest BCUT2D eigenvalue weighted by atomic mass is 16.5. The lowest BCUT2D eigenvalue weighted by atomic mass is 10.0. The third kappa shape index (κ3) is 2.35. The molecule has 0 spiro atoms. The van der Waals surface area contributed by atoms with E-state index in [0.29, 0.717) is 16.9 Å². The van der Waals surface area contributed by atoms with Crippen LogP contribution >= 0.6 is 0 Å². The van der Waals surface area contributed by atoms with Gasteiger partial charge in [0.25, 0.3) is 5.91 Å². The number of pyridine rings is 1. The normalized spacial score (nSPS) is 11.8. The standard InChI is InChI=1S/C13H14N6O2/c1-13(2,12-16-7-21-18-12)17-11(20)8-4-9-10(14-5-8)19(3)6-15-9/h4-7H,1-3H3,(H,17,20). The minimum atomic E-state index is -0.747. The van der Waals surface area contributed by atoms with Gasteiger partial charge in [-0.25, -0.2) is 9.97 Å². The van der Waals surface area contributed by atoms with Gasteiger partial charge in [0.05, 0.1) is 17.4 Å². The van der Waals surface area contributed by atoms with Crippen LogP contribution in [0.5, 0.6) is 0 Å². The molecule has 3 aromatic rings. The molecule has 1 amide bonds. The first kappa shape index (κ1) is 13.2. The lowest BCUT2D eigenvalue weighted by Crippen LogP contribution is -2.41. The molecule has 0 aromatic carbocycles. The van der Waals surface area contributed by atoms with Gasteiger partial charge in [0.2, 0.25) is 6.39 Å². The fourth-order valence-corrected chi connectivity index (χ4v) is 2.00. The van der Waals surface area contributed by atoms with Crippen LogP contribution in [-0.2, 0) is 12.6 Å². The predicted molar refractivity (Wildman–Crippen MR) is 73.3 cm³/mol. The van der Waals surface area contributed by atoms with Crippen molar-refractivity contribution in [2.24, 2.45) is 7.05 Å². The number of imidazole rings is 1. The SMILES string of the molecule is Cn1cnc2cc(C(=O)NC(C)(C)c3ncon3)cnc21. The highest BCUT2D eigenvalue weighted by Gasteiger charge is 2.28. The fourth-order valence-electron chi connectivity index (χ4n) is 2.00. The van der Waals surface area contributed by atoms with E-state index in [1.165, 1.54) is 12.6 Å². The molecule has 3 rings (SSSR count). The lowest BCUT2D eigenvalue weighted by molar-refractivity contribution is 0.0907. The maximum absolute atomic E-state index is 12.3. The number of hydrogen-bond acceptors (Lipinski definition) is 6. The van der Waals surface area contributed by atoms with Crippen LogP contribution in [0.4, 0.5) is 0 Å². The van der Waals surface area contributed by atoms with Crippen molar-refractivity contribution in [2.75, 3.05) is 0 Å². The quantitative estimate of drug-likeness (QED) is 0.771. The van der Waals surface area contributed by atoms with E-state index >= 15 is 0 Å². The van der Waals surface area contributed by atoms with Crippen molar-refractivity contribution in [3.05, 3.63) is 36.4 Å². The summed E-state index contributed by atoms with van der Waals surface area (Å²) < 4.78 is 6.50. The van der Waals surface area contributed by atoms with Crippen LogP contribution in [-0.4, -0.2) is 30.6 Å². The predicted octanol–water partition coefficient (Wildman–Crippen LogP) is 1.02. The molecule has 8 nitrogen and oxygen atoms in total. The number of aryl methyl sites for hydroxylation is 1. The van der Waals surface area contributed by atoms with Crippen LogP contribution in [0.1, 0.15) is 30.0 Å². The van der Waals surface area contributed by atoms with E-state index in [2.05, 4.69) is 25.4 Å². The Kier molecular flexibility index (Phi) is 2.93. The third-order valence-electron chi connectivity index (χ3n) is 3.16. The molecule has 0 saturated heterocycles. The van der Waals surface area contributed by atoms with Crippen molar-refractivity contribution in [3.63, 3.8) is 0 Å². The zero-order valence-electron chi connectivity index (χ0n) is 11.9. The van der Waals surface area contributed by atoms with Crippen molar-refractivity contribution in [3.8, 4) is 0 Å². The maximum atomic E-state index is 12.3. The minimum Gasteiger partial charge on any atom is -0.343 e. The second-order valence-corrected chi connectivity index (χ2v) is 5.26. The summed E-state index contributed by atoms with van der Waals surface area (Å²) in [6, 6.07) is 1.70. The summed E-state index contributed by atoms with van der Waals surface area (Å²) in [5.41, 5.74) is 1.08. The number of fused-ring (bicyclic) bond motifs is 1. The number of amides is 1. The molecule has 3 aromatic heterocycles. The Balaban J connectivity index is 1.87. The number of hydrogen-bond donors (Lipinski definition) is 1. The van der Waals surface area contributed by atoms with Gasteiger partial charge in [-0.15, -0.1) is 0 Å². The molecule has 0 radical (unpaired) electrons. The summed E-state index contributed by atoms with van der Waals surface area (Å²) in [5.74, 6) is 0.132. The molecule has 0 atom stereocenters. The van der Waals surface area contributed by atoms with Gasteiger partial charge in [-0.1, -0.05) is 5.16 Å². The molecule has 0 aliphatic rings. The summed E-state index contributed by atoms with van der Waals surface area (Å²) in [7, 11) is 1.85. The van der Waals surface area contributed by atoms with Gasteiger partial charge in [-0.3, -0.25) is 4.79 Å². The van der Waals surface area contributed by atoms with Crippen LogP contribution in [0.25, 0.3) is 11.2 Å². The van der Waals surface area contributed by atoms with Crippen LogP contribution in [0.3, 0.4) is 0 Å². The molecule has 1 N–H and O–H groups in total. The molecule has 0 saturated carbocycles. The first-order valence-electron chi connectivity index (χ1n) is 6.34. The van der Waals surface area contributed by atoms with Crippen LogP contribution in [0.2, 0.25) is 0 Å². The summed E-state index contributed by atoms with van der Waals surface area (Å²) in [4.78, 5) is 24.7. The van der Waals surface area contributed by atoms with Crippen molar-refractivity contribution in [2.45, 2.75) is 19.4 Å². The lowest BCUT2D eigenvalue weighted by Gasteiger charge is -2.22. The average molecular weight is 286 g/mol. The van der Waals surface area contributed by atoms with Crippen molar-refractivity contribution < 1.29 is 9.32 Å². The topological polar surface area (TPSA) is 98.7 Å². The number of aromatic nitrogens is 5. The van der Waals surface area contributed by atoms with Gasteiger partial charge < -0.3 is 14.4 Å². The second-order valence-electron chi connectivity index (χ2n) is 5.26. The highest BCUT2D eigenvalue weighted by Crippen LogP contribution is 2.17. The highest BCUT2D eigenvalue weighted by molar-refractivity contribution is 5.96. The summed E-state index contributed by atoms with van der Waals surface area (Å²) in [6.45, 7) is 3.59. The van der Waals surface area contributed by atoms with E-state index in [9.17, 15) is 4.79 Å². The zero-order valence-corrected chi connectivity index (χ0v) is 11.9. The monoisotopic (exact) mass is 286 g/mol. The molecule has 0 unspecified atom stereocenters. The largest absolute Gasteiger partial charge is 0.343 e. The van der Waals surface area contributed by atoms with Crippen molar-refractivity contribution in [1.29, 1.82) is 0 Å². The third-order valence-corrected chi connectivity index (χ3v) is 3.16. The number of rotatable bonds is 3. The molecule has 0 fully saturated rings. The van der Waals surface area contributed by atoms with Gasteiger partial charge in [-0.2, -0.15) is 4.98 Å². The second kappa shape index (κ2) is 4.65. The van der Waals surface area contributed by atoms with E-state index in [-0.39, 0.29) is 5.91 Å². The first-order valence-corrected chi connectivity index (χ1v) is 6.34. The van der Waals surface area contributed by atoms with Gasteiger partial charge in [0.1, 0.15) is 5.52 Å². The molecule has 108 valence electrons. The van der Waals surface area contributed by atoms with Crippen molar-refractivity contribution in [1.82, 2.24) is 30.0 Å². The number of nitrogens with zero attached hydrogens (tertiary/aromatic N) is 5. The van der Waals surface area contributed by atoms with Gasteiger partial charge in [0, 0.05) is 13.2 Å². The van der Waals surface area contributed by atoms with Gasteiger partial charge >= 0.3 is 0 Å². The number of nitrogens with one attached hydrogen (secondary N) is 1. The van der Waals surface area contributed by atoms with E-state index in [0.717, 1.165) is 5.65 Å². The Morgan fingerprint density at radius 3 is 2.86 bits per heavy atom. The molecule has 0 aliphatic heterocycles. The summed E-state index contributed by atoms with van der Waals surface area (Å²) >= 11 is 0. The van der Waals surface area contributed by atoms with E-state index in [4.69, 9.17) is 4.52 Å². The minimum absolute atomic E-state index is 0.273. The number of carbonyl (C=O) groups is 1. The van der Waals surface area contributed by atoms with Crippen molar-refractivity contribution >= 4 is 17.1 Å². The summed E-state index contributed by atoms with van der Waals surface area (Å²) in [5, 5.41) is 6.60. The Morgan fingerprint density at radius 2 is 2.14 bits per heavy atom. The fraction of sp³-hybridized carbons (Fsp3) is 0.308. The first-order chi connectivity index (χ1) is 9.97. The van der Waals surface area contributed by atoms with Crippen LogP contribution in [0.15, 0.2) is 29.5 Å². The number of carbonyl (C=O) groups excluding carboxylic acids is 1. The van der Waals surface area contributed by atoms with Crippen LogP contribution in [0, 0.1) is 0 Å². The molecule has 0 aliphatic carbocycles. The van der Waals surface area contributed by atoms with Gasteiger partial charge in [-0.05, 0) is 19.9 Å². The molecule has 0 bridgehead atoms. The Morgan fingerprint density at radius 1 is 1.33 bits per heavy atom. The Hall–Kier alpha value is -2.77. The van der Waals surface area contributed by atoms with E-state index in [1.807, 2.05) is 7.05 Å². The molecule has 8 heteroatoms. The molecular formula is C13H14N6O2. The van der Waals surface area contributed by atoms with E-state index < -0.39 is 5.54 Å². The Labute approximate surface area is 120 Å². The van der Waals surface area contributed by atoms with Gasteiger partial charge in [0.15, 0.2) is 11.5 Å². The molecular weight excluding hydrogens is 272 g/mol. The molecule has 3 heterocycles. The van der Waals surface area contributed by atoms with E-state index in [1.54, 1.807) is 30.8 Å². The maximum Gasteiger partial charge on any atom is 0.253 e. The smallest absolute Gasteiger partial charge is 0.253 e. The Bertz CT molecular complexity index is 790. The van der Waals surface area contributed by atoms with Crippen LogP contribution < -0.4 is 5.32 Å². The molecule has 21 heavy (non-hydrogen) atoms.